The van der Waals surface area contributed by atoms with Crippen LogP contribution in [0.4, 0.5) is 0 Å². The number of halogens is 1. The van der Waals surface area contributed by atoms with Crippen LogP contribution in [0.25, 0.3) is 0 Å². The molecule has 1 aliphatic rings. The van der Waals surface area contributed by atoms with Crippen LogP contribution < -0.4 is 4.74 Å². The average Bonchev–Trinajstić information content (AvgIpc) is 2.67. The van der Waals surface area contributed by atoms with Crippen LogP contribution in [0.3, 0.4) is 0 Å². The maximum Gasteiger partial charge on any atom is 0.253 e. The third-order valence-corrected chi connectivity index (χ3v) is 5.33. The number of carbonyl (C=O) groups is 1. The maximum atomic E-state index is 12.7. The van der Waals surface area contributed by atoms with Crippen LogP contribution in [0, 0.1) is 0 Å². The Labute approximate surface area is 159 Å². The molecule has 0 heterocycles. The molecule has 138 valence electrons. The molecule has 1 saturated carbocycles. The van der Waals surface area contributed by atoms with Crippen LogP contribution >= 0.6 is 11.6 Å². The van der Waals surface area contributed by atoms with Crippen LogP contribution in [0.2, 0.25) is 5.02 Å². The van der Waals surface area contributed by atoms with E-state index in [9.17, 15) is 9.90 Å². The number of carbonyl (C=O) groups excluding carboxylic acids is 1. The Morgan fingerprint density at radius 1 is 1.15 bits per heavy atom. The number of rotatable bonds is 5. The Bertz CT molecular complexity index is 747. The Morgan fingerprint density at radius 3 is 2.54 bits per heavy atom. The van der Waals surface area contributed by atoms with Gasteiger partial charge in [-0.3, -0.25) is 4.79 Å². The molecule has 26 heavy (non-hydrogen) atoms. The molecule has 0 radical (unpaired) electrons. The lowest BCUT2D eigenvalue weighted by molar-refractivity contribution is 0.0268. The van der Waals surface area contributed by atoms with Gasteiger partial charge in [-0.25, -0.2) is 0 Å². The fraction of sp³-hybridized carbons (Fsp3) is 0.381. The summed E-state index contributed by atoms with van der Waals surface area (Å²) in [5.41, 5.74) is 1.51. The van der Waals surface area contributed by atoms with Gasteiger partial charge >= 0.3 is 0 Å². The number of benzene rings is 2. The van der Waals surface area contributed by atoms with Gasteiger partial charge < -0.3 is 14.7 Å². The van der Waals surface area contributed by atoms with Gasteiger partial charge in [0.15, 0.2) is 0 Å². The first-order valence-corrected chi connectivity index (χ1v) is 9.35. The Kier molecular flexibility index (Phi) is 6.17. The first-order chi connectivity index (χ1) is 12.6. The summed E-state index contributed by atoms with van der Waals surface area (Å²) >= 11 is 6.13. The van der Waals surface area contributed by atoms with E-state index in [-0.39, 0.29) is 11.9 Å². The summed E-state index contributed by atoms with van der Waals surface area (Å²) in [6.07, 6.45) is 3.25. The lowest BCUT2D eigenvalue weighted by Crippen LogP contribution is -2.46. The number of amides is 1. The molecule has 4 nitrogen and oxygen atoms in total. The third-order valence-electron chi connectivity index (χ3n) is 4.97. The van der Waals surface area contributed by atoms with Crippen LogP contribution in [0.1, 0.15) is 41.6 Å². The molecule has 0 spiro atoms. The second kappa shape index (κ2) is 8.56. The van der Waals surface area contributed by atoms with Crippen LogP contribution in [-0.4, -0.2) is 35.1 Å². The van der Waals surface area contributed by atoms with E-state index in [1.165, 1.54) is 0 Å². The highest BCUT2D eigenvalue weighted by Gasteiger charge is 2.29. The number of aliphatic hydroxyl groups excluding tert-OH is 1. The van der Waals surface area contributed by atoms with Gasteiger partial charge in [-0.15, -0.1) is 0 Å². The van der Waals surface area contributed by atoms with Gasteiger partial charge in [-0.1, -0.05) is 42.6 Å². The fourth-order valence-corrected chi connectivity index (χ4v) is 3.56. The molecule has 0 saturated heterocycles. The van der Waals surface area contributed by atoms with E-state index in [1.54, 1.807) is 36.2 Å². The van der Waals surface area contributed by atoms with Gasteiger partial charge in [-0.05, 0) is 43.2 Å². The van der Waals surface area contributed by atoms with Crippen molar-refractivity contribution < 1.29 is 14.6 Å². The lowest BCUT2D eigenvalue weighted by Gasteiger charge is -2.35. The first kappa shape index (κ1) is 18.7. The van der Waals surface area contributed by atoms with E-state index in [2.05, 4.69) is 0 Å². The second-order valence-electron chi connectivity index (χ2n) is 6.74. The normalized spacial score (nSPS) is 19.8. The van der Waals surface area contributed by atoms with Gasteiger partial charge in [-0.2, -0.15) is 0 Å². The summed E-state index contributed by atoms with van der Waals surface area (Å²) in [7, 11) is 1.77. The van der Waals surface area contributed by atoms with Crippen molar-refractivity contribution in [2.45, 2.75) is 44.4 Å². The molecule has 1 amide bonds. The molecule has 1 aliphatic carbocycles. The topological polar surface area (TPSA) is 49.8 Å². The van der Waals surface area contributed by atoms with E-state index in [0.29, 0.717) is 22.9 Å². The van der Waals surface area contributed by atoms with Crippen molar-refractivity contribution in [3.05, 3.63) is 64.7 Å². The SMILES string of the molecule is CN(C(=O)c1ccc(OCc2ccccc2Cl)cc1)[C@@H]1CCCC[C@@H]1O. The summed E-state index contributed by atoms with van der Waals surface area (Å²) in [4.78, 5) is 14.4. The van der Waals surface area contributed by atoms with E-state index >= 15 is 0 Å². The molecular formula is C21H24ClNO3. The summed E-state index contributed by atoms with van der Waals surface area (Å²) in [5.74, 6) is 0.607. The van der Waals surface area contributed by atoms with Crippen LogP contribution in [-0.2, 0) is 6.61 Å². The number of ether oxygens (including phenoxy) is 1. The van der Waals surface area contributed by atoms with Crippen molar-refractivity contribution in [1.29, 1.82) is 0 Å². The van der Waals surface area contributed by atoms with Gasteiger partial charge in [0, 0.05) is 23.2 Å². The molecule has 3 rings (SSSR count). The summed E-state index contributed by atoms with van der Waals surface area (Å²) in [5, 5.41) is 10.8. The maximum absolute atomic E-state index is 12.7. The third kappa shape index (κ3) is 4.37. The smallest absolute Gasteiger partial charge is 0.253 e. The van der Waals surface area contributed by atoms with Crippen molar-refractivity contribution in [3.63, 3.8) is 0 Å². The number of likely N-dealkylation sites (N-methyl/N-ethyl adjacent to an activating group) is 1. The molecular weight excluding hydrogens is 350 g/mol. The van der Waals surface area contributed by atoms with E-state index in [0.717, 1.165) is 31.2 Å². The van der Waals surface area contributed by atoms with Crippen molar-refractivity contribution in [1.82, 2.24) is 4.90 Å². The van der Waals surface area contributed by atoms with Gasteiger partial charge in [0.05, 0.1) is 12.1 Å². The quantitative estimate of drug-likeness (QED) is 0.850. The van der Waals surface area contributed by atoms with Crippen molar-refractivity contribution in [3.8, 4) is 5.75 Å². The highest BCUT2D eigenvalue weighted by Crippen LogP contribution is 2.24. The second-order valence-corrected chi connectivity index (χ2v) is 7.15. The Hall–Kier alpha value is -2.04. The molecule has 1 N–H and O–H groups in total. The molecule has 0 unspecified atom stereocenters. The predicted octanol–water partition coefficient (Wildman–Crippen LogP) is 4.29. The summed E-state index contributed by atoms with van der Waals surface area (Å²) in [6, 6.07) is 14.5. The van der Waals surface area contributed by atoms with Crippen molar-refractivity contribution in [2.75, 3.05) is 7.05 Å². The average molecular weight is 374 g/mol. The first-order valence-electron chi connectivity index (χ1n) is 8.98. The Balaban J connectivity index is 1.61. The molecule has 0 aliphatic heterocycles. The molecule has 5 heteroatoms. The zero-order valence-corrected chi connectivity index (χ0v) is 15.7. The zero-order chi connectivity index (χ0) is 18.5. The monoisotopic (exact) mass is 373 g/mol. The van der Waals surface area contributed by atoms with Crippen LogP contribution in [0.5, 0.6) is 5.75 Å². The van der Waals surface area contributed by atoms with Crippen molar-refractivity contribution >= 4 is 17.5 Å². The standard InChI is InChI=1S/C21H24ClNO3/c1-23(19-8-4-5-9-20(19)24)21(25)15-10-12-17(13-11-15)26-14-16-6-2-3-7-18(16)22/h2-3,6-7,10-13,19-20,24H,4-5,8-9,14H2,1H3/t19-,20+/m1/s1. The number of hydrogen-bond donors (Lipinski definition) is 1. The minimum atomic E-state index is -0.434. The molecule has 2 aromatic rings. The fourth-order valence-electron chi connectivity index (χ4n) is 3.37. The predicted molar refractivity (Wildman–Crippen MR) is 103 cm³/mol. The number of nitrogens with zero attached hydrogens (tertiary/aromatic N) is 1. The summed E-state index contributed by atoms with van der Waals surface area (Å²) in [6.45, 7) is 0.376. The van der Waals surface area contributed by atoms with Gasteiger partial charge in [0.2, 0.25) is 0 Å². The molecule has 2 atom stereocenters. The highest BCUT2D eigenvalue weighted by atomic mass is 35.5. The van der Waals surface area contributed by atoms with Gasteiger partial charge in [0.1, 0.15) is 12.4 Å². The molecule has 1 fully saturated rings. The van der Waals surface area contributed by atoms with Crippen molar-refractivity contribution in [2.24, 2.45) is 0 Å². The molecule has 0 aromatic heterocycles. The largest absolute Gasteiger partial charge is 0.489 e. The minimum absolute atomic E-state index is 0.0754. The van der Waals surface area contributed by atoms with Gasteiger partial charge in [0.25, 0.3) is 5.91 Å². The van der Waals surface area contributed by atoms with E-state index < -0.39 is 6.10 Å². The lowest BCUT2D eigenvalue weighted by atomic mass is 9.91. The number of aliphatic hydroxyl groups is 1. The Morgan fingerprint density at radius 2 is 1.85 bits per heavy atom. The van der Waals surface area contributed by atoms with E-state index in [1.807, 2.05) is 24.3 Å². The minimum Gasteiger partial charge on any atom is -0.489 e. The zero-order valence-electron chi connectivity index (χ0n) is 14.9. The van der Waals surface area contributed by atoms with E-state index in [4.69, 9.17) is 16.3 Å². The highest BCUT2D eigenvalue weighted by molar-refractivity contribution is 6.31. The molecule has 2 aromatic carbocycles. The molecule has 0 bridgehead atoms. The van der Waals surface area contributed by atoms with Crippen LogP contribution in [0.15, 0.2) is 48.5 Å². The summed E-state index contributed by atoms with van der Waals surface area (Å²) < 4.78 is 5.75. The number of hydrogen-bond acceptors (Lipinski definition) is 3.